The Hall–Kier alpha value is -3.45. The number of carbonyl (C=O) groups is 2. The molecule has 8 heteroatoms. The average molecular weight is 458 g/mol. The molecule has 3 amide bonds. The summed E-state index contributed by atoms with van der Waals surface area (Å²) in [5, 5.41) is 5.07. The Bertz CT molecular complexity index is 1070. The van der Waals surface area contributed by atoms with E-state index in [9.17, 15) is 18.4 Å². The topological polar surface area (TPSA) is 61.4 Å². The number of hydrogen-bond donors (Lipinski definition) is 2. The minimum Gasteiger partial charge on any atom is -0.341 e. The van der Waals surface area contributed by atoms with Crippen LogP contribution in [-0.4, -0.2) is 18.5 Å². The van der Waals surface area contributed by atoms with E-state index in [1.807, 2.05) is 41.7 Å². The van der Waals surface area contributed by atoms with Crippen LogP contribution in [0.3, 0.4) is 0 Å². The summed E-state index contributed by atoms with van der Waals surface area (Å²) < 4.78 is 27.4. The van der Waals surface area contributed by atoms with Crippen molar-refractivity contribution in [2.75, 3.05) is 16.8 Å². The van der Waals surface area contributed by atoms with E-state index in [4.69, 9.17) is 11.6 Å². The molecule has 166 valence electrons. The van der Waals surface area contributed by atoms with Crippen LogP contribution in [0.25, 0.3) is 0 Å². The fourth-order valence-electron chi connectivity index (χ4n) is 3.11. The van der Waals surface area contributed by atoms with Gasteiger partial charge >= 0.3 is 6.03 Å². The van der Waals surface area contributed by atoms with Crippen molar-refractivity contribution in [3.8, 4) is 0 Å². The molecular weight excluding hydrogens is 436 g/mol. The average Bonchev–Trinajstić information content (AvgIpc) is 2.76. The number of unbranched alkanes of at least 4 members (excludes halogenated alkanes) is 1. The van der Waals surface area contributed by atoms with Gasteiger partial charge in [0.1, 0.15) is 17.2 Å². The van der Waals surface area contributed by atoms with Crippen LogP contribution >= 0.6 is 11.6 Å². The number of nitrogens with one attached hydrogen (secondary N) is 2. The zero-order chi connectivity index (χ0) is 23.1. The predicted octanol–water partition coefficient (Wildman–Crippen LogP) is 6.52. The van der Waals surface area contributed by atoms with Crippen LogP contribution < -0.4 is 15.5 Å². The van der Waals surface area contributed by atoms with Gasteiger partial charge in [-0.3, -0.25) is 10.1 Å². The highest BCUT2D eigenvalue weighted by Gasteiger charge is 2.19. The number of hydrogen-bond acceptors (Lipinski definition) is 3. The van der Waals surface area contributed by atoms with Gasteiger partial charge in [0.05, 0.1) is 0 Å². The second-order valence-electron chi connectivity index (χ2n) is 7.03. The molecule has 5 nitrogen and oxygen atoms in total. The maximum absolute atomic E-state index is 13.7. The smallest absolute Gasteiger partial charge is 0.326 e. The Kier molecular flexibility index (Phi) is 7.78. The standard InChI is InChI=1S/C24H22ClF2N3O2/c1-2-3-15-30(18-11-7-16(25)8-12-18)19-13-9-17(10-14-19)28-24(32)29-23(31)22-20(26)5-4-6-21(22)27/h4-14H,2-3,15H2,1H3,(H2,28,29,31,32). The highest BCUT2D eigenvalue weighted by Crippen LogP contribution is 2.28. The van der Waals surface area contributed by atoms with Crippen molar-refractivity contribution in [3.63, 3.8) is 0 Å². The monoisotopic (exact) mass is 457 g/mol. The molecule has 0 atom stereocenters. The lowest BCUT2D eigenvalue weighted by atomic mass is 10.2. The van der Waals surface area contributed by atoms with E-state index in [2.05, 4.69) is 17.1 Å². The lowest BCUT2D eigenvalue weighted by molar-refractivity contribution is 0.0959. The van der Waals surface area contributed by atoms with Gasteiger partial charge in [-0.1, -0.05) is 31.0 Å². The predicted molar refractivity (Wildman–Crippen MR) is 123 cm³/mol. The zero-order valence-corrected chi connectivity index (χ0v) is 18.1. The first-order valence-corrected chi connectivity index (χ1v) is 10.5. The molecule has 0 bridgehead atoms. The molecule has 0 aliphatic carbocycles. The summed E-state index contributed by atoms with van der Waals surface area (Å²) in [6.45, 7) is 2.91. The second-order valence-corrected chi connectivity index (χ2v) is 7.47. The van der Waals surface area contributed by atoms with Crippen LogP contribution in [0.15, 0.2) is 66.7 Å². The molecule has 0 saturated carbocycles. The van der Waals surface area contributed by atoms with E-state index >= 15 is 0 Å². The van der Waals surface area contributed by atoms with Crippen molar-refractivity contribution in [2.45, 2.75) is 19.8 Å². The summed E-state index contributed by atoms with van der Waals surface area (Å²) >= 11 is 6.00. The molecule has 0 fully saturated rings. The van der Waals surface area contributed by atoms with Crippen LogP contribution in [0, 0.1) is 11.6 Å². The summed E-state index contributed by atoms with van der Waals surface area (Å²) in [5.41, 5.74) is 1.50. The largest absolute Gasteiger partial charge is 0.341 e. The number of anilines is 3. The second kappa shape index (κ2) is 10.7. The first-order chi connectivity index (χ1) is 15.4. The van der Waals surface area contributed by atoms with Gasteiger partial charge in [-0.15, -0.1) is 0 Å². The molecule has 3 aromatic rings. The Labute approximate surface area is 190 Å². The van der Waals surface area contributed by atoms with E-state index in [-0.39, 0.29) is 0 Å². The Morgan fingerprint density at radius 1 is 0.906 bits per heavy atom. The number of nitrogens with zero attached hydrogens (tertiary/aromatic N) is 1. The van der Waals surface area contributed by atoms with Crippen molar-refractivity contribution in [1.29, 1.82) is 0 Å². The first kappa shape index (κ1) is 23.2. The molecule has 3 aromatic carbocycles. The number of rotatable bonds is 7. The molecule has 2 N–H and O–H groups in total. The lowest BCUT2D eigenvalue weighted by Gasteiger charge is -2.25. The molecule has 0 aliphatic rings. The van der Waals surface area contributed by atoms with Gasteiger partial charge in [-0.2, -0.15) is 0 Å². The summed E-state index contributed by atoms with van der Waals surface area (Å²) in [6, 6.07) is 16.7. The molecule has 0 heterocycles. The Balaban J connectivity index is 1.69. The minimum absolute atomic E-state index is 0.416. The van der Waals surface area contributed by atoms with Crippen LogP contribution in [0.5, 0.6) is 0 Å². The third-order valence-electron chi connectivity index (χ3n) is 4.73. The van der Waals surface area contributed by atoms with Crippen molar-refractivity contribution in [2.24, 2.45) is 0 Å². The fraction of sp³-hybridized carbons (Fsp3) is 0.167. The van der Waals surface area contributed by atoms with Gasteiger partial charge in [0.25, 0.3) is 5.91 Å². The Morgan fingerprint density at radius 3 is 2.03 bits per heavy atom. The number of imide groups is 1. The normalized spacial score (nSPS) is 10.5. The first-order valence-electron chi connectivity index (χ1n) is 10.1. The number of benzene rings is 3. The number of urea groups is 1. The molecule has 0 saturated heterocycles. The molecular formula is C24H22ClF2N3O2. The molecule has 0 spiro atoms. The highest BCUT2D eigenvalue weighted by molar-refractivity contribution is 6.30. The van der Waals surface area contributed by atoms with Gasteiger partial charge in [-0.25, -0.2) is 13.6 Å². The van der Waals surface area contributed by atoms with Gasteiger partial charge in [0.2, 0.25) is 0 Å². The van der Waals surface area contributed by atoms with Gasteiger partial charge in [0, 0.05) is 28.6 Å². The fourth-order valence-corrected chi connectivity index (χ4v) is 3.24. The third kappa shape index (κ3) is 5.82. The summed E-state index contributed by atoms with van der Waals surface area (Å²) in [5.74, 6) is -3.26. The molecule has 0 aliphatic heterocycles. The maximum Gasteiger partial charge on any atom is 0.326 e. The van der Waals surface area contributed by atoms with Crippen molar-refractivity contribution < 1.29 is 18.4 Å². The molecule has 0 aromatic heterocycles. The molecule has 32 heavy (non-hydrogen) atoms. The van der Waals surface area contributed by atoms with E-state index < -0.39 is 29.1 Å². The molecule has 0 radical (unpaired) electrons. The number of amides is 3. The van der Waals surface area contributed by atoms with Crippen molar-refractivity contribution in [1.82, 2.24) is 5.32 Å². The SMILES string of the molecule is CCCCN(c1ccc(Cl)cc1)c1ccc(NC(=O)NC(=O)c2c(F)cccc2F)cc1. The van der Waals surface area contributed by atoms with Gasteiger partial charge in [-0.05, 0) is 67.1 Å². The summed E-state index contributed by atoms with van der Waals surface area (Å²) in [6.07, 6.45) is 2.01. The third-order valence-corrected chi connectivity index (χ3v) is 4.98. The zero-order valence-electron chi connectivity index (χ0n) is 17.4. The van der Waals surface area contributed by atoms with E-state index in [0.29, 0.717) is 10.7 Å². The van der Waals surface area contributed by atoms with E-state index in [1.165, 1.54) is 0 Å². The van der Waals surface area contributed by atoms with Crippen LogP contribution in [0.1, 0.15) is 30.1 Å². The van der Waals surface area contributed by atoms with Crippen molar-refractivity contribution >= 4 is 40.6 Å². The minimum atomic E-state index is -1.16. The lowest BCUT2D eigenvalue weighted by Crippen LogP contribution is -2.35. The van der Waals surface area contributed by atoms with Gasteiger partial charge < -0.3 is 10.2 Å². The van der Waals surface area contributed by atoms with E-state index in [1.54, 1.807) is 12.1 Å². The quantitative estimate of drug-likeness (QED) is 0.424. The van der Waals surface area contributed by atoms with Gasteiger partial charge in [0.15, 0.2) is 0 Å². The highest BCUT2D eigenvalue weighted by atomic mass is 35.5. The Morgan fingerprint density at radius 2 is 1.47 bits per heavy atom. The van der Waals surface area contributed by atoms with Crippen LogP contribution in [0.4, 0.5) is 30.6 Å². The maximum atomic E-state index is 13.7. The van der Waals surface area contributed by atoms with E-state index in [0.717, 1.165) is 49.0 Å². The number of halogens is 3. The van der Waals surface area contributed by atoms with Crippen LogP contribution in [0.2, 0.25) is 5.02 Å². The molecule has 3 rings (SSSR count). The van der Waals surface area contributed by atoms with Crippen molar-refractivity contribution in [3.05, 3.63) is 89.0 Å². The summed E-state index contributed by atoms with van der Waals surface area (Å²) in [4.78, 5) is 26.3. The number of carbonyl (C=O) groups excluding carboxylic acids is 2. The summed E-state index contributed by atoms with van der Waals surface area (Å²) in [7, 11) is 0. The van der Waals surface area contributed by atoms with Crippen LogP contribution in [-0.2, 0) is 0 Å². The molecule has 0 unspecified atom stereocenters.